The Balaban J connectivity index is 2.50. The quantitative estimate of drug-likeness (QED) is 0.640. The van der Waals surface area contributed by atoms with E-state index in [0.717, 1.165) is 0 Å². The van der Waals surface area contributed by atoms with E-state index in [1.54, 1.807) is 20.8 Å². The number of nitrogens with one attached hydrogen (secondary N) is 2. The minimum atomic E-state index is -0.619. The highest BCUT2D eigenvalue weighted by Crippen LogP contribution is 2.07. The van der Waals surface area contributed by atoms with E-state index in [4.69, 9.17) is 4.74 Å². The molecule has 0 saturated heterocycles. The fourth-order valence-electron chi connectivity index (χ4n) is 1.13. The van der Waals surface area contributed by atoms with Crippen molar-refractivity contribution in [2.75, 3.05) is 12.5 Å². The standard InChI is InChI=1S/C12H17N3O4/c1-12(2,3)19-11(17)15-14-9-6-5-8(7-13-9)10(16)18-4/h5-7H,1-4H3,(H,13,14)(H,15,17). The molecule has 1 aromatic rings. The summed E-state index contributed by atoms with van der Waals surface area (Å²) in [6, 6.07) is 3.06. The Hall–Kier alpha value is -2.31. The van der Waals surface area contributed by atoms with Gasteiger partial charge in [-0.25, -0.2) is 20.0 Å². The Morgan fingerprint density at radius 1 is 1.26 bits per heavy atom. The molecule has 1 heterocycles. The molecule has 0 aliphatic carbocycles. The summed E-state index contributed by atoms with van der Waals surface area (Å²) in [5, 5.41) is 0. The molecular formula is C12H17N3O4. The van der Waals surface area contributed by atoms with Crippen LogP contribution in [0.1, 0.15) is 31.1 Å². The lowest BCUT2D eigenvalue weighted by Gasteiger charge is -2.19. The minimum Gasteiger partial charge on any atom is -0.465 e. The number of anilines is 1. The molecule has 104 valence electrons. The third kappa shape index (κ3) is 5.24. The van der Waals surface area contributed by atoms with Gasteiger partial charge in [0.1, 0.15) is 11.4 Å². The molecule has 1 amide bonds. The number of ether oxygens (including phenoxy) is 2. The van der Waals surface area contributed by atoms with Crippen LogP contribution < -0.4 is 10.9 Å². The Kier molecular flexibility index (Phi) is 4.68. The van der Waals surface area contributed by atoms with Crippen molar-refractivity contribution in [1.82, 2.24) is 10.4 Å². The first-order valence-corrected chi connectivity index (χ1v) is 5.61. The zero-order chi connectivity index (χ0) is 14.5. The maximum Gasteiger partial charge on any atom is 0.426 e. The van der Waals surface area contributed by atoms with Crippen molar-refractivity contribution in [3.05, 3.63) is 23.9 Å². The van der Waals surface area contributed by atoms with E-state index < -0.39 is 17.7 Å². The molecule has 0 aliphatic heterocycles. The van der Waals surface area contributed by atoms with Crippen LogP contribution in [0, 0.1) is 0 Å². The third-order valence-electron chi connectivity index (χ3n) is 1.88. The predicted octanol–water partition coefficient (Wildman–Crippen LogP) is 1.72. The highest BCUT2D eigenvalue weighted by atomic mass is 16.6. The number of hydrogen-bond acceptors (Lipinski definition) is 6. The molecule has 1 aromatic heterocycles. The molecular weight excluding hydrogens is 250 g/mol. The second-order valence-corrected chi connectivity index (χ2v) is 4.68. The van der Waals surface area contributed by atoms with Crippen LogP contribution in [0.15, 0.2) is 18.3 Å². The average molecular weight is 267 g/mol. The van der Waals surface area contributed by atoms with Gasteiger partial charge in [-0.1, -0.05) is 0 Å². The first kappa shape index (κ1) is 14.7. The van der Waals surface area contributed by atoms with Gasteiger partial charge in [-0.2, -0.15) is 0 Å². The van der Waals surface area contributed by atoms with Gasteiger partial charge < -0.3 is 9.47 Å². The van der Waals surface area contributed by atoms with Crippen molar-refractivity contribution in [2.45, 2.75) is 26.4 Å². The number of hydrogen-bond donors (Lipinski definition) is 2. The Labute approximate surface area is 111 Å². The molecule has 19 heavy (non-hydrogen) atoms. The molecule has 0 aromatic carbocycles. The van der Waals surface area contributed by atoms with Crippen molar-refractivity contribution in [1.29, 1.82) is 0 Å². The number of amides is 1. The van der Waals surface area contributed by atoms with Gasteiger partial charge in [0, 0.05) is 6.20 Å². The van der Waals surface area contributed by atoms with Gasteiger partial charge in [0.25, 0.3) is 0 Å². The first-order chi connectivity index (χ1) is 8.81. The summed E-state index contributed by atoms with van der Waals surface area (Å²) < 4.78 is 9.56. The van der Waals surface area contributed by atoms with E-state index in [1.165, 1.54) is 25.4 Å². The molecule has 0 fully saturated rings. The first-order valence-electron chi connectivity index (χ1n) is 5.61. The van der Waals surface area contributed by atoms with Gasteiger partial charge in [0.05, 0.1) is 12.7 Å². The summed E-state index contributed by atoms with van der Waals surface area (Å²) in [6.07, 6.45) is 0.719. The number of esters is 1. The summed E-state index contributed by atoms with van der Waals surface area (Å²) in [7, 11) is 1.29. The van der Waals surface area contributed by atoms with Gasteiger partial charge in [-0.05, 0) is 32.9 Å². The maximum absolute atomic E-state index is 11.4. The van der Waals surface area contributed by atoms with Crippen molar-refractivity contribution in [3.63, 3.8) is 0 Å². The molecule has 0 radical (unpaired) electrons. The number of carbonyl (C=O) groups excluding carboxylic acids is 2. The summed E-state index contributed by atoms with van der Waals surface area (Å²) >= 11 is 0. The lowest BCUT2D eigenvalue weighted by Crippen LogP contribution is -2.36. The number of carbonyl (C=O) groups is 2. The summed E-state index contributed by atoms with van der Waals surface area (Å²) in [4.78, 5) is 26.5. The largest absolute Gasteiger partial charge is 0.465 e. The van der Waals surface area contributed by atoms with Crippen molar-refractivity contribution < 1.29 is 19.1 Å². The second-order valence-electron chi connectivity index (χ2n) is 4.68. The van der Waals surface area contributed by atoms with Gasteiger partial charge in [0.15, 0.2) is 0 Å². The lowest BCUT2D eigenvalue weighted by atomic mass is 10.2. The van der Waals surface area contributed by atoms with Crippen molar-refractivity contribution in [2.24, 2.45) is 0 Å². The molecule has 1 rings (SSSR count). The lowest BCUT2D eigenvalue weighted by molar-refractivity contribution is 0.0538. The third-order valence-corrected chi connectivity index (χ3v) is 1.88. The van der Waals surface area contributed by atoms with Crippen LogP contribution in [-0.2, 0) is 9.47 Å². The van der Waals surface area contributed by atoms with Crippen LogP contribution in [0.2, 0.25) is 0 Å². The molecule has 0 atom stereocenters. The van der Waals surface area contributed by atoms with Crippen LogP contribution >= 0.6 is 0 Å². The smallest absolute Gasteiger partial charge is 0.426 e. The Morgan fingerprint density at radius 2 is 1.95 bits per heavy atom. The van der Waals surface area contributed by atoms with E-state index in [1.807, 2.05) is 0 Å². The SMILES string of the molecule is COC(=O)c1ccc(NNC(=O)OC(C)(C)C)nc1. The van der Waals surface area contributed by atoms with Gasteiger partial charge >= 0.3 is 12.1 Å². The number of nitrogens with zero attached hydrogens (tertiary/aromatic N) is 1. The average Bonchev–Trinajstić information content (AvgIpc) is 2.34. The zero-order valence-corrected chi connectivity index (χ0v) is 11.3. The molecule has 2 N–H and O–H groups in total. The molecule has 7 heteroatoms. The normalized spacial score (nSPS) is 10.5. The van der Waals surface area contributed by atoms with E-state index in [9.17, 15) is 9.59 Å². The molecule has 7 nitrogen and oxygen atoms in total. The van der Waals surface area contributed by atoms with Crippen LogP contribution in [0.4, 0.5) is 10.6 Å². The fraction of sp³-hybridized carbons (Fsp3) is 0.417. The number of rotatable bonds is 3. The predicted molar refractivity (Wildman–Crippen MR) is 68.6 cm³/mol. The number of hydrazine groups is 1. The van der Waals surface area contributed by atoms with Crippen LogP contribution in [0.3, 0.4) is 0 Å². The fourth-order valence-corrected chi connectivity index (χ4v) is 1.13. The monoisotopic (exact) mass is 267 g/mol. The molecule has 0 spiro atoms. The molecule has 0 saturated carbocycles. The highest BCUT2D eigenvalue weighted by molar-refractivity contribution is 5.89. The van der Waals surface area contributed by atoms with E-state index in [0.29, 0.717) is 11.4 Å². The Bertz CT molecular complexity index is 451. The van der Waals surface area contributed by atoms with Crippen LogP contribution in [-0.4, -0.2) is 29.8 Å². The van der Waals surface area contributed by atoms with E-state index in [-0.39, 0.29) is 0 Å². The van der Waals surface area contributed by atoms with E-state index >= 15 is 0 Å². The van der Waals surface area contributed by atoms with Gasteiger partial charge in [-0.15, -0.1) is 0 Å². The van der Waals surface area contributed by atoms with Crippen molar-refractivity contribution in [3.8, 4) is 0 Å². The summed E-state index contributed by atoms with van der Waals surface area (Å²) in [5.74, 6) is -0.0994. The highest BCUT2D eigenvalue weighted by Gasteiger charge is 2.15. The minimum absolute atomic E-state index is 0.324. The van der Waals surface area contributed by atoms with Crippen LogP contribution in [0.5, 0.6) is 0 Å². The molecule has 0 unspecified atom stereocenters. The van der Waals surface area contributed by atoms with E-state index in [2.05, 4.69) is 20.6 Å². The summed E-state index contributed by atoms with van der Waals surface area (Å²) in [6.45, 7) is 5.28. The zero-order valence-electron chi connectivity index (χ0n) is 11.3. The summed E-state index contributed by atoms with van der Waals surface area (Å²) in [5.41, 5.74) is 4.64. The Morgan fingerprint density at radius 3 is 2.42 bits per heavy atom. The molecule has 0 aliphatic rings. The topological polar surface area (TPSA) is 89.6 Å². The maximum atomic E-state index is 11.4. The van der Waals surface area contributed by atoms with Gasteiger partial charge in [0.2, 0.25) is 0 Å². The second kappa shape index (κ2) is 6.03. The van der Waals surface area contributed by atoms with Crippen molar-refractivity contribution >= 4 is 17.9 Å². The number of pyridine rings is 1. The number of aromatic nitrogens is 1. The van der Waals surface area contributed by atoms with Gasteiger partial charge in [-0.3, -0.25) is 5.43 Å². The van der Waals surface area contributed by atoms with Crippen LogP contribution in [0.25, 0.3) is 0 Å². The number of methoxy groups -OCH3 is 1. The molecule has 0 bridgehead atoms.